The number of aryl methyl sites for hydroxylation is 1. The summed E-state index contributed by atoms with van der Waals surface area (Å²) in [6.45, 7) is 7.17. The molecule has 0 amide bonds. The third-order valence-electron chi connectivity index (χ3n) is 2.32. The van der Waals surface area contributed by atoms with Gasteiger partial charge in [0.15, 0.2) is 0 Å². The molecule has 0 aliphatic rings. The summed E-state index contributed by atoms with van der Waals surface area (Å²) in [5.41, 5.74) is 0.588. The van der Waals surface area contributed by atoms with Crippen molar-refractivity contribution in [1.29, 1.82) is 0 Å². The van der Waals surface area contributed by atoms with Gasteiger partial charge in [-0.1, -0.05) is 31.7 Å². The number of hydrogen-bond donors (Lipinski definition) is 0. The number of carbonyl (C=O) groups excluding carboxylic acids is 2. The Morgan fingerprint density at radius 2 is 1.83 bits per heavy atom. The maximum absolute atomic E-state index is 11.7. The number of benzene rings is 1. The van der Waals surface area contributed by atoms with E-state index >= 15 is 0 Å². The third-order valence-corrected chi connectivity index (χ3v) is 2.32. The summed E-state index contributed by atoms with van der Waals surface area (Å²) in [4.78, 5) is 23.0. The van der Waals surface area contributed by atoms with E-state index in [1.807, 2.05) is 19.1 Å². The fourth-order valence-corrected chi connectivity index (χ4v) is 1.36. The molecule has 0 atom stereocenters. The van der Waals surface area contributed by atoms with Crippen molar-refractivity contribution in [2.75, 3.05) is 6.61 Å². The quantitative estimate of drug-likeness (QED) is 0.264. The summed E-state index contributed by atoms with van der Waals surface area (Å²) < 4.78 is 9.81. The zero-order valence-electron chi connectivity index (χ0n) is 10.6. The molecule has 0 aliphatic carbocycles. The van der Waals surface area contributed by atoms with Crippen LogP contribution >= 0.6 is 0 Å². The van der Waals surface area contributed by atoms with Crippen molar-refractivity contribution in [3.63, 3.8) is 0 Å². The van der Waals surface area contributed by atoms with E-state index in [1.165, 1.54) is 0 Å². The first kappa shape index (κ1) is 14.0. The Hall–Kier alpha value is -2.10. The molecule has 1 aromatic rings. The molecule has 0 aromatic heterocycles. The van der Waals surface area contributed by atoms with Gasteiger partial charge in [-0.3, -0.25) is 0 Å². The van der Waals surface area contributed by atoms with E-state index in [0.29, 0.717) is 5.75 Å². The van der Waals surface area contributed by atoms with E-state index < -0.39 is 11.9 Å². The van der Waals surface area contributed by atoms with Gasteiger partial charge in [-0.05, 0) is 25.0 Å². The van der Waals surface area contributed by atoms with Crippen LogP contribution in [0.25, 0.3) is 0 Å². The van der Waals surface area contributed by atoms with Gasteiger partial charge in [-0.25, -0.2) is 9.59 Å². The molecule has 0 saturated heterocycles. The van der Waals surface area contributed by atoms with Crippen molar-refractivity contribution in [2.24, 2.45) is 0 Å². The van der Waals surface area contributed by atoms with Crippen molar-refractivity contribution < 1.29 is 19.1 Å². The summed E-state index contributed by atoms with van der Waals surface area (Å²) in [5.74, 6) is -1.10. The average molecular weight is 248 g/mol. The Labute approximate surface area is 106 Å². The van der Waals surface area contributed by atoms with Crippen LogP contribution in [0, 0.1) is 0 Å². The average Bonchev–Trinajstić information content (AvgIpc) is 2.38. The van der Waals surface area contributed by atoms with Crippen molar-refractivity contribution in [2.45, 2.75) is 20.3 Å². The van der Waals surface area contributed by atoms with Gasteiger partial charge in [0.05, 0.1) is 6.61 Å². The first-order chi connectivity index (χ1) is 8.60. The molecule has 4 nitrogen and oxygen atoms in total. The second-order valence-corrected chi connectivity index (χ2v) is 3.55. The van der Waals surface area contributed by atoms with Gasteiger partial charge in [0, 0.05) is 0 Å². The van der Waals surface area contributed by atoms with Gasteiger partial charge >= 0.3 is 11.9 Å². The molecule has 0 saturated carbocycles. The van der Waals surface area contributed by atoms with Gasteiger partial charge in [-0.2, -0.15) is 0 Å². The van der Waals surface area contributed by atoms with E-state index in [0.717, 1.165) is 12.0 Å². The lowest BCUT2D eigenvalue weighted by Gasteiger charge is -2.09. The summed E-state index contributed by atoms with van der Waals surface area (Å²) in [5, 5.41) is 0. The minimum atomic E-state index is -0.783. The Kier molecular flexibility index (Phi) is 5.11. The Morgan fingerprint density at radius 3 is 2.44 bits per heavy atom. The van der Waals surface area contributed by atoms with Gasteiger partial charge in [0.2, 0.25) is 0 Å². The van der Waals surface area contributed by atoms with Gasteiger partial charge in [0.25, 0.3) is 0 Å². The normalized spacial score (nSPS) is 9.67. The van der Waals surface area contributed by atoms with Crippen molar-refractivity contribution >= 4 is 11.9 Å². The van der Waals surface area contributed by atoms with Crippen LogP contribution in [0.15, 0.2) is 36.4 Å². The first-order valence-electron chi connectivity index (χ1n) is 5.76. The summed E-state index contributed by atoms with van der Waals surface area (Å²) in [6, 6.07) is 7.15. The topological polar surface area (TPSA) is 52.6 Å². The largest absolute Gasteiger partial charge is 0.462 e. The van der Waals surface area contributed by atoms with Crippen molar-refractivity contribution in [3.8, 4) is 5.75 Å². The summed E-state index contributed by atoms with van der Waals surface area (Å²) >= 11 is 0. The lowest BCUT2D eigenvalue weighted by Crippen LogP contribution is -2.19. The summed E-state index contributed by atoms with van der Waals surface area (Å²) in [7, 11) is 0. The fourth-order valence-electron chi connectivity index (χ4n) is 1.36. The molecule has 1 rings (SSSR count). The predicted octanol–water partition coefficient (Wildman–Crippen LogP) is 2.27. The number of hydrogen-bond acceptors (Lipinski definition) is 4. The van der Waals surface area contributed by atoms with Crippen LogP contribution in [0.5, 0.6) is 5.75 Å². The molecule has 0 heterocycles. The highest BCUT2D eigenvalue weighted by Gasteiger charge is 2.19. The minimum absolute atomic E-state index is 0.191. The van der Waals surface area contributed by atoms with E-state index in [4.69, 9.17) is 4.74 Å². The lowest BCUT2D eigenvalue weighted by molar-refractivity contribution is -0.142. The van der Waals surface area contributed by atoms with Crippen LogP contribution in [-0.2, 0) is 20.7 Å². The SMILES string of the molecule is C=C(C(=O)OCC)C(=O)Oc1ccccc1CC. The van der Waals surface area contributed by atoms with E-state index in [1.54, 1.807) is 19.1 Å². The third kappa shape index (κ3) is 3.45. The molecule has 0 fully saturated rings. The molecule has 0 N–H and O–H groups in total. The first-order valence-corrected chi connectivity index (χ1v) is 5.76. The monoisotopic (exact) mass is 248 g/mol. The number of carbonyl (C=O) groups is 2. The number of rotatable bonds is 5. The van der Waals surface area contributed by atoms with Crippen LogP contribution in [0.3, 0.4) is 0 Å². The van der Waals surface area contributed by atoms with Gasteiger partial charge < -0.3 is 9.47 Å². The second kappa shape index (κ2) is 6.59. The van der Waals surface area contributed by atoms with Crippen LogP contribution in [-0.4, -0.2) is 18.5 Å². The van der Waals surface area contributed by atoms with Crippen LogP contribution < -0.4 is 4.74 Å². The molecular weight excluding hydrogens is 232 g/mol. The second-order valence-electron chi connectivity index (χ2n) is 3.55. The van der Waals surface area contributed by atoms with E-state index in [2.05, 4.69) is 11.3 Å². The Morgan fingerprint density at radius 1 is 1.17 bits per heavy atom. The Balaban J connectivity index is 2.75. The maximum atomic E-state index is 11.7. The number of esters is 2. The van der Waals surface area contributed by atoms with Crippen molar-refractivity contribution in [1.82, 2.24) is 0 Å². The molecule has 1 aromatic carbocycles. The van der Waals surface area contributed by atoms with Crippen LogP contribution in [0.1, 0.15) is 19.4 Å². The van der Waals surface area contributed by atoms with Crippen LogP contribution in [0.4, 0.5) is 0 Å². The van der Waals surface area contributed by atoms with E-state index in [-0.39, 0.29) is 12.2 Å². The highest BCUT2D eigenvalue weighted by molar-refractivity contribution is 6.14. The molecule has 4 heteroatoms. The van der Waals surface area contributed by atoms with E-state index in [9.17, 15) is 9.59 Å². The predicted molar refractivity (Wildman–Crippen MR) is 67.2 cm³/mol. The number of para-hydroxylation sites is 1. The van der Waals surface area contributed by atoms with Gasteiger partial charge in [0.1, 0.15) is 11.3 Å². The van der Waals surface area contributed by atoms with Gasteiger partial charge in [-0.15, -0.1) is 0 Å². The molecule has 0 unspecified atom stereocenters. The molecular formula is C14H16O4. The molecule has 0 spiro atoms. The minimum Gasteiger partial charge on any atom is -0.462 e. The lowest BCUT2D eigenvalue weighted by atomic mass is 10.1. The molecule has 96 valence electrons. The Bertz CT molecular complexity index is 463. The van der Waals surface area contributed by atoms with Crippen LogP contribution in [0.2, 0.25) is 0 Å². The molecule has 18 heavy (non-hydrogen) atoms. The maximum Gasteiger partial charge on any atom is 0.350 e. The smallest absolute Gasteiger partial charge is 0.350 e. The molecule has 0 radical (unpaired) electrons. The zero-order chi connectivity index (χ0) is 13.5. The number of ether oxygens (including phenoxy) is 2. The summed E-state index contributed by atoms with van der Waals surface area (Å²) in [6.07, 6.45) is 0.731. The highest BCUT2D eigenvalue weighted by atomic mass is 16.6. The zero-order valence-corrected chi connectivity index (χ0v) is 10.6. The standard InChI is InChI=1S/C14H16O4/c1-4-11-8-6-7-9-12(11)18-14(16)10(3)13(15)17-5-2/h6-9H,3-5H2,1-2H3. The fraction of sp³-hybridized carbons (Fsp3) is 0.286. The van der Waals surface area contributed by atoms with Crippen molar-refractivity contribution in [3.05, 3.63) is 42.0 Å². The molecule has 0 aliphatic heterocycles. The molecule has 0 bridgehead atoms. The highest BCUT2D eigenvalue weighted by Crippen LogP contribution is 2.19.